The Morgan fingerprint density at radius 3 is 2.38 bits per heavy atom. The quantitative estimate of drug-likeness (QED) is 0.821. The molecule has 3 nitrogen and oxygen atoms in total. The van der Waals surface area contributed by atoms with Gasteiger partial charge in [0.25, 0.3) is 0 Å². The van der Waals surface area contributed by atoms with Crippen LogP contribution in [0, 0.1) is 0 Å². The normalized spacial score (nSPS) is 12.4. The van der Waals surface area contributed by atoms with Gasteiger partial charge in [-0.25, -0.2) is 0 Å². The summed E-state index contributed by atoms with van der Waals surface area (Å²) in [4.78, 5) is 0. The van der Waals surface area contributed by atoms with E-state index in [1.54, 1.807) is 0 Å². The molecule has 2 aromatic rings. The maximum absolute atomic E-state index is 9.93. The van der Waals surface area contributed by atoms with E-state index >= 15 is 0 Å². The van der Waals surface area contributed by atoms with Crippen molar-refractivity contribution in [1.82, 2.24) is 5.32 Å². The second kappa shape index (κ2) is 7.81. The fourth-order valence-corrected chi connectivity index (χ4v) is 2.07. The summed E-state index contributed by atoms with van der Waals surface area (Å²) in [6, 6.07) is 18.4. The number of nitrogens with one attached hydrogen (secondary N) is 1. The largest absolute Gasteiger partial charge is 0.490 e. The summed E-state index contributed by atoms with van der Waals surface area (Å²) in [6.45, 7) is 4.92. The van der Waals surface area contributed by atoms with Crippen molar-refractivity contribution in [1.29, 1.82) is 0 Å². The van der Waals surface area contributed by atoms with Crippen LogP contribution < -0.4 is 10.1 Å². The van der Waals surface area contributed by atoms with Crippen LogP contribution >= 0.6 is 0 Å². The van der Waals surface area contributed by atoms with Crippen molar-refractivity contribution >= 4 is 0 Å². The Bertz CT molecular complexity index is 540. The van der Waals surface area contributed by atoms with Crippen molar-refractivity contribution in [3.05, 3.63) is 54.6 Å². The molecule has 0 saturated carbocycles. The topological polar surface area (TPSA) is 41.5 Å². The lowest BCUT2D eigenvalue weighted by molar-refractivity contribution is 0.105. The van der Waals surface area contributed by atoms with Gasteiger partial charge in [0.2, 0.25) is 0 Å². The maximum atomic E-state index is 9.93. The third kappa shape index (κ3) is 4.88. The molecule has 112 valence electrons. The second-order valence-corrected chi connectivity index (χ2v) is 5.39. The van der Waals surface area contributed by atoms with Crippen LogP contribution in [0.3, 0.4) is 0 Å². The van der Waals surface area contributed by atoms with Gasteiger partial charge in [-0.15, -0.1) is 0 Å². The lowest BCUT2D eigenvalue weighted by Crippen LogP contribution is -2.35. The number of benzene rings is 2. The summed E-state index contributed by atoms with van der Waals surface area (Å²) < 4.78 is 5.80. The van der Waals surface area contributed by atoms with Crippen LogP contribution in [-0.2, 0) is 0 Å². The zero-order valence-electron chi connectivity index (χ0n) is 12.6. The third-order valence-electron chi connectivity index (χ3n) is 3.16. The van der Waals surface area contributed by atoms with Gasteiger partial charge in [-0.05, 0) is 11.6 Å². The van der Waals surface area contributed by atoms with Crippen molar-refractivity contribution in [2.24, 2.45) is 0 Å². The van der Waals surface area contributed by atoms with E-state index in [4.69, 9.17) is 4.74 Å². The highest BCUT2D eigenvalue weighted by molar-refractivity contribution is 5.70. The average molecular weight is 285 g/mol. The monoisotopic (exact) mass is 285 g/mol. The van der Waals surface area contributed by atoms with Crippen molar-refractivity contribution in [3.8, 4) is 16.9 Å². The molecule has 2 N–H and O–H groups in total. The van der Waals surface area contributed by atoms with Gasteiger partial charge in [-0.2, -0.15) is 0 Å². The first kappa shape index (κ1) is 15.5. The standard InChI is InChI=1S/C18H23NO2/c1-14(2)19-12-16(20)13-21-18-11-7-6-10-17(18)15-8-4-3-5-9-15/h3-11,14,16,19-20H,12-13H2,1-2H3/t16-/m1/s1. The highest BCUT2D eigenvalue weighted by atomic mass is 16.5. The van der Waals surface area contributed by atoms with E-state index in [2.05, 4.69) is 31.3 Å². The Morgan fingerprint density at radius 1 is 1.00 bits per heavy atom. The number of aliphatic hydroxyl groups excluding tert-OH is 1. The van der Waals surface area contributed by atoms with E-state index in [-0.39, 0.29) is 6.61 Å². The molecule has 0 bridgehead atoms. The van der Waals surface area contributed by atoms with Crippen LogP contribution in [0.25, 0.3) is 11.1 Å². The molecule has 21 heavy (non-hydrogen) atoms. The molecule has 0 aliphatic heterocycles. The van der Waals surface area contributed by atoms with Gasteiger partial charge in [0.1, 0.15) is 18.5 Å². The van der Waals surface area contributed by atoms with Crippen molar-refractivity contribution in [2.45, 2.75) is 26.0 Å². The first-order chi connectivity index (χ1) is 10.2. The van der Waals surface area contributed by atoms with E-state index < -0.39 is 6.10 Å². The molecule has 2 rings (SSSR count). The van der Waals surface area contributed by atoms with Gasteiger partial charge >= 0.3 is 0 Å². The van der Waals surface area contributed by atoms with Crippen LogP contribution in [0.15, 0.2) is 54.6 Å². The lowest BCUT2D eigenvalue weighted by Gasteiger charge is -2.16. The SMILES string of the molecule is CC(C)NC[C@@H](O)COc1ccccc1-c1ccccc1. The molecule has 0 aliphatic rings. The Labute approximate surface area is 126 Å². The molecule has 0 aliphatic carbocycles. The number of ether oxygens (including phenoxy) is 1. The Balaban J connectivity index is 2.01. The van der Waals surface area contributed by atoms with Crippen LogP contribution in [0.4, 0.5) is 0 Å². The minimum Gasteiger partial charge on any atom is -0.490 e. The van der Waals surface area contributed by atoms with Crippen molar-refractivity contribution < 1.29 is 9.84 Å². The number of hydrogen-bond acceptors (Lipinski definition) is 3. The second-order valence-electron chi connectivity index (χ2n) is 5.39. The van der Waals surface area contributed by atoms with E-state index in [0.717, 1.165) is 16.9 Å². The molecule has 0 saturated heterocycles. The zero-order valence-corrected chi connectivity index (χ0v) is 12.6. The molecule has 0 amide bonds. The third-order valence-corrected chi connectivity index (χ3v) is 3.16. The highest BCUT2D eigenvalue weighted by Gasteiger charge is 2.09. The van der Waals surface area contributed by atoms with E-state index in [1.807, 2.05) is 42.5 Å². The van der Waals surface area contributed by atoms with Gasteiger partial charge in [0, 0.05) is 18.2 Å². The molecule has 2 aromatic carbocycles. The van der Waals surface area contributed by atoms with Crippen LogP contribution in [0.5, 0.6) is 5.75 Å². The minimum atomic E-state index is -0.517. The van der Waals surface area contributed by atoms with E-state index in [1.165, 1.54) is 0 Å². The van der Waals surface area contributed by atoms with Crippen LogP contribution in [0.1, 0.15) is 13.8 Å². The van der Waals surface area contributed by atoms with Gasteiger partial charge in [0.15, 0.2) is 0 Å². The average Bonchev–Trinajstić information content (AvgIpc) is 2.52. The molecule has 1 atom stereocenters. The predicted octanol–water partition coefficient (Wildman–Crippen LogP) is 3.09. The molecule has 0 heterocycles. The molecule has 3 heteroatoms. The van der Waals surface area contributed by atoms with Gasteiger partial charge in [0.05, 0.1) is 0 Å². The van der Waals surface area contributed by atoms with Crippen LogP contribution in [0.2, 0.25) is 0 Å². The molecular weight excluding hydrogens is 262 g/mol. The number of para-hydroxylation sites is 1. The molecular formula is C18H23NO2. The molecule has 0 unspecified atom stereocenters. The number of hydrogen-bond donors (Lipinski definition) is 2. The predicted molar refractivity (Wildman–Crippen MR) is 86.5 cm³/mol. The smallest absolute Gasteiger partial charge is 0.127 e. The fraction of sp³-hybridized carbons (Fsp3) is 0.333. The lowest BCUT2D eigenvalue weighted by atomic mass is 10.1. The number of rotatable bonds is 7. The van der Waals surface area contributed by atoms with Crippen LogP contribution in [-0.4, -0.2) is 30.4 Å². The molecule has 0 radical (unpaired) electrons. The van der Waals surface area contributed by atoms with Gasteiger partial charge < -0.3 is 15.2 Å². The molecule has 0 fully saturated rings. The van der Waals surface area contributed by atoms with E-state index in [0.29, 0.717) is 12.6 Å². The molecule has 0 spiro atoms. The Morgan fingerprint density at radius 2 is 1.67 bits per heavy atom. The maximum Gasteiger partial charge on any atom is 0.127 e. The summed E-state index contributed by atoms with van der Waals surface area (Å²) in [5.41, 5.74) is 2.16. The summed E-state index contributed by atoms with van der Waals surface area (Å²) in [5, 5.41) is 13.1. The summed E-state index contributed by atoms with van der Waals surface area (Å²) in [5.74, 6) is 0.798. The zero-order chi connectivity index (χ0) is 15.1. The summed E-state index contributed by atoms with van der Waals surface area (Å²) >= 11 is 0. The van der Waals surface area contributed by atoms with Gasteiger partial charge in [-0.3, -0.25) is 0 Å². The Hall–Kier alpha value is -1.84. The first-order valence-corrected chi connectivity index (χ1v) is 7.35. The first-order valence-electron chi connectivity index (χ1n) is 7.35. The summed E-state index contributed by atoms with van der Waals surface area (Å²) in [6.07, 6.45) is -0.517. The van der Waals surface area contributed by atoms with Crippen molar-refractivity contribution in [2.75, 3.05) is 13.2 Å². The fourth-order valence-electron chi connectivity index (χ4n) is 2.07. The number of aliphatic hydroxyl groups is 1. The Kier molecular flexibility index (Phi) is 5.78. The van der Waals surface area contributed by atoms with Gasteiger partial charge in [-0.1, -0.05) is 62.4 Å². The summed E-state index contributed by atoms with van der Waals surface area (Å²) in [7, 11) is 0. The minimum absolute atomic E-state index is 0.281. The van der Waals surface area contributed by atoms with E-state index in [9.17, 15) is 5.11 Å². The molecule has 0 aromatic heterocycles. The highest BCUT2D eigenvalue weighted by Crippen LogP contribution is 2.29. The van der Waals surface area contributed by atoms with Crippen molar-refractivity contribution in [3.63, 3.8) is 0 Å².